The predicted molar refractivity (Wildman–Crippen MR) is 81.4 cm³/mol. The molecule has 2 nitrogen and oxygen atoms in total. The Bertz CT molecular complexity index is 428. The molecular formula is C16H26N2S. The van der Waals surface area contributed by atoms with Crippen molar-refractivity contribution in [2.45, 2.75) is 70.8 Å². The number of aromatic nitrogens is 1. The quantitative estimate of drug-likeness (QED) is 0.887. The van der Waals surface area contributed by atoms with E-state index in [1.165, 1.54) is 60.5 Å². The van der Waals surface area contributed by atoms with Crippen molar-refractivity contribution in [3.05, 3.63) is 15.6 Å². The van der Waals surface area contributed by atoms with Crippen molar-refractivity contribution in [3.8, 4) is 0 Å². The van der Waals surface area contributed by atoms with E-state index in [-0.39, 0.29) is 5.54 Å². The average molecular weight is 278 g/mol. The van der Waals surface area contributed by atoms with Gasteiger partial charge in [0.1, 0.15) is 5.01 Å². The van der Waals surface area contributed by atoms with Crippen LogP contribution in [-0.2, 0) is 18.4 Å². The lowest BCUT2D eigenvalue weighted by atomic mass is 9.69. The molecule has 106 valence electrons. The molecule has 1 aromatic heterocycles. The van der Waals surface area contributed by atoms with Crippen LogP contribution in [0.2, 0.25) is 0 Å². The standard InChI is InChI=1S/C16H26N2S/c1-11(2)12-7-5-6-10-16(12,17)15-18-13-8-3-4-9-14(13)19-15/h11-12H,3-10,17H2,1-2H3. The van der Waals surface area contributed by atoms with Crippen molar-refractivity contribution in [3.63, 3.8) is 0 Å². The van der Waals surface area contributed by atoms with E-state index in [1.807, 2.05) is 11.3 Å². The molecule has 1 heterocycles. The summed E-state index contributed by atoms with van der Waals surface area (Å²) >= 11 is 1.93. The summed E-state index contributed by atoms with van der Waals surface area (Å²) in [5.74, 6) is 1.26. The van der Waals surface area contributed by atoms with E-state index < -0.39 is 0 Å². The van der Waals surface area contributed by atoms with Crippen molar-refractivity contribution in [1.29, 1.82) is 0 Å². The molecule has 2 aliphatic carbocycles. The van der Waals surface area contributed by atoms with Crippen LogP contribution in [0.3, 0.4) is 0 Å². The third-order valence-corrected chi connectivity index (χ3v) is 6.42. The third kappa shape index (κ3) is 2.36. The number of aryl methyl sites for hydroxylation is 2. The Kier molecular flexibility index (Phi) is 3.69. The zero-order valence-corrected chi connectivity index (χ0v) is 13.1. The molecule has 2 aliphatic rings. The van der Waals surface area contributed by atoms with Gasteiger partial charge in [-0.3, -0.25) is 0 Å². The largest absolute Gasteiger partial charge is 0.319 e. The fourth-order valence-electron chi connectivity index (χ4n) is 3.97. The van der Waals surface area contributed by atoms with Gasteiger partial charge in [0, 0.05) is 4.88 Å². The lowest BCUT2D eigenvalue weighted by molar-refractivity contribution is 0.140. The van der Waals surface area contributed by atoms with E-state index in [9.17, 15) is 0 Å². The van der Waals surface area contributed by atoms with Gasteiger partial charge >= 0.3 is 0 Å². The Morgan fingerprint density at radius 1 is 1.21 bits per heavy atom. The molecule has 1 saturated carbocycles. The SMILES string of the molecule is CC(C)C1CCCCC1(N)c1nc2c(s1)CCCC2. The minimum Gasteiger partial charge on any atom is -0.319 e. The van der Waals surface area contributed by atoms with E-state index in [2.05, 4.69) is 13.8 Å². The van der Waals surface area contributed by atoms with Crippen molar-refractivity contribution >= 4 is 11.3 Å². The first-order valence-corrected chi connectivity index (χ1v) is 8.71. The molecule has 0 saturated heterocycles. The van der Waals surface area contributed by atoms with Crippen LogP contribution in [-0.4, -0.2) is 4.98 Å². The zero-order valence-electron chi connectivity index (χ0n) is 12.2. The highest BCUT2D eigenvalue weighted by atomic mass is 32.1. The zero-order chi connectivity index (χ0) is 13.5. The molecule has 0 aliphatic heterocycles. The van der Waals surface area contributed by atoms with Gasteiger partial charge in [-0.1, -0.05) is 26.7 Å². The van der Waals surface area contributed by atoms with Crippen LogP contribution in [0.5, 0.6) is 0 Å². The maximum absolute atomic E-state index is 6.89. The van der Waals surface area contributed by atoms with Gasteiger partial charge < -0.3 is 5.73 Å². The van der Waals surface area contributed by atoms with E-state index in [4.69, 9.17) is 10.7 Å². The molecule has 0 radical (unpaired) electrons. The summed E-state index contributed by atoms with van der Waals surface area (Å²) in [6, 6.07) is 0. The second kappa shape index (κ2) is 5.17. The topological polar surface area (TPSA) is 38.9 Å². The van der Waals surface area contributed by atoms with Gasteiger partial charge in [0.05, 0.1) is 11.2 Å². The first-order valence-electron chi connectivity index (χ1n) is 7.89. The summed E-state index contributed by atoms with van der Waals surface area (Å²) in [6.45, 7) is 4.65. The number of rotatable bonds is 2. The highest BCUT2D eigenvalue weighted by molar-refractivity contribution is 7.11. The van der Waals surface area contributed by atoms with Crippen LogP contribution < -0.4 is 5.73 Å². The van der Waals surface area contributed by atoms with Crippen LogP contribution in [0.4, 0.5) is 0 Å². The maximum Gasteiger partial charge on any atom is 0.113 e. The van der Waals surface area contributed by atoms with Crippen LogP contribution >= 0.6 is 11.3 Å². The minimum atomic E-state index is -0.144. The Morgan fingerprint density at radius 2 is 2.00 bits per heavy atom. The second-order valence-electron chi connectivity index (χ2n) is 6.73. The predicted octanol–water partition coefficient (Wildman–Crippen LogP) is 4.02. The number of hydrogen-bond donors (Lipinski definition) is 1. The first kappa shape index (κ1) is 13.6. The van der Waals surface area contributed by atoms with Gasteiger partial charge in [-0.2, -0.15) is 0 Å². The van der Waals surface area contributed by atoms with Crippen molar-refractivity contribution in [2.24, 2.45) is 17.6 Å². The molecular weight excluding hydrogens is 252 g/mol. The second-order valence-corrected chi connectivity index (χ2v) is 7.82. The van der Waals surface area contributed by atoms with Gasteiger partial charge in [-0.05, 0) is 50.4 Å². The molecule has 2 unspecified atom stereocenters. The molecule has 1 aromatic rings. The van der Waals surface area contributed by atoms with Crippen molar-refractivity contribution < 1.29 is 0 Å². The Labute approximate surface area is 120 Å². The highest BCUT2D eigenvalue weighted by Gasteiger charge is 2.43. The molecule has 0 spiro atoms. The first-order chi connectivity index (χ1) is 9.11. The number of nitrogens with two attached hydrogens (primary N) is 1. The highest BCUT2D eigenvalue weighted by Crippen LogP contribution is 2.45. The number of fused-ring (bicyclic) bond motifs is 1. The summed E-state index contributed by atoms with van der Waals surface area (Å²) in [6.07, 6.45) is 10.1. The molecule has 3 heteroatoms. The van der Waals surface area contributed by atoms with Crippen LogP contribution in [0.15, 0.2) is 0 Å². The van der Waals surface area contributed by atoms with Gasteiger partial charge in [-0.15, -0.1) is 11.3 Å². The summed E-state index contributed by atoms with van der Waals surface area (Å²) in [7, 11) is 0. The molecule has 19 heavy (non-hydrogen) atoms. The summed E-state index contributed by atoms with van der Waals surface area (Å²) < 4.78 is 0. The van der Waals surface area contributed by atoms with Gasteiger partial charge in [0.25, 0.3) is 0 Å². The number of hydrogen-bond acceptors (Lipinski definition) is 3. The molecule has 1 fully saturated rings. The lowest BCUT2D eigenvalue weighted by Crippen LogP contribution is -2.48. The molecule has 0 amide bonds. The lowest BCUT2D eigenvalue weighted by Gasteiger charge is -2.42. The molecule has 2 N–H and O–H groups in total. The minimum absolute atomic E-state index is 0.144. The number of nitrogens with zero attached hydrogens (tertiary/aromatic N) is 1. The molecule has 0 aromatic carbocycles. The molecule has 2 atom stereocenters. The maximum atomic E-state index is 6.89. The molecule has 3 rings (SSSR count). The Balaban J connectivity index is 1.95. The van der Waals surface area contributed by atoms with Gasteiger partial charge in [0.2, 0.25) is 0 Å². The fourth-order valence-corrected chi connectivity index (χ4v) is 5.31. The van der Waals surface area contributed by atoms with Crippen LogP contribution in [0.25, 0.3) is 0 Å². The van der Waals surface area contributed by atoms with Crippen molar-refractivity contribution in [1.82, 2.24) is 4.98 Å². The van der Waals surface area contributed by atoms with E-state index in [0.717, 1.165) is 6.42 Å². The van der Waals surface area contributed by atoms with Crippen LogP contribution in [0.1, 0.15) is 68.0 Å². The summed E-state index contributed by atoms with van der Waals surface area (Å²) in [5.41, 5.74) is 8.11. The van der Waals surface area contributed by atoms with Crippen LogP contribution in [0, 0.1) is 11.8 Å². The normalized spacial score (nSPS) is 31.5. The smallest absolute Gasteiger partial charge is 0.113 e. The Hall–Kier alpha value is -0.410. The molecule has 0 bridgehead atoms. The summed E-state index contributed by atoms with van der Waals surface area (Å²) in [5, 5.41) is 1.25. The van der Waals surface area contributed by atoms with E-state index in [0.29, 0.717) is 11.8 Å². The van der Waals surface area contributed by atoms with E-state index in [1.54, 1.807) is 0 Å². The third-order valence-electron chi connectivity index (χ3n) is 5.07. The average Bonchev–Trinajstić information content (AvgIpc) is 2.83. The van der Waals surface area contributed by atoms with E-state index >= 15 is 0 Å². The summed E-state index contributed by atoms with van der Waals surface area (Å²) in [4.78, 5) is 6.50. The number of thiazole rings is 1. The van der Waals surface area contributed by atoms with Gasteiger partial charge in [-0.25, -0.2) is 4.98 Å². The Morgan fingerprint density at radius 3 is 2.74 bits per heavy atom. The van der Waals surface area contributed by atoms with Gasteiger partial charge in [0.15, 0.2) is 0 Å². The monoisotopic (exact) mass is 278 g/mol. The fraction of sp³-hybridized carbons (Fsp3) is 0.812. The van der Waals surface area contributed by atoms with Crippen molar-refractivity contribution in [2.75, 3.05) is 0 Å².